The highest BCUT2D eigenvalue weighted by atomic mass is 32.2. The van der Waals surface area contributed by atoms with Crippen LogP contribution in [0.25, 0.3) is 0 Å². The first-order valence-corrected chi connectivity index (χ1v) is 6.54. The molecule has 3 nitrogen and oxygen atoms in total. The standard InChI is InChI=1S/C11H17N3S/c1-9-6-11(14-13-7-9)12-8-10-4-2-3-5-15-10/h6-7,10H,2-5,8H2,1H3,(H,12,14). The molecule has 1 unspecified atom stereocenters. The summed E-state index contributed by atoms with van der Waals surface area (Å²) in [5.41, 5.74) is 1.16. The minimum atomic E-state index is 0.751. The summed E-state index contributed by atoms with van der Waals surface area (Å²) in [5.74, 6) is 2.22. The van der Waals surface area contributed by atoms with Gasteiger partial charge in [0.05, 0.1) is 6.20 Å². The summed E-state index contributed by atoms with van der Waals surface area (Å²) < 4.78 is 0. The summed E-state index contributed by atoms with van der Waals surface area (Å²) in [6, 6.07) is 2.04. The Bertz CT molecular complexity index is 310. The summed E-state index contributed by atoms with van der Waals surface area (Å²) in [4.78, 5) is 0. The molecule has 1 aromatic rings. The van der Waals surface area contributed by atoms with Gasteiger partial charge in [0.25, 0.3) is 0 Å². The fourth-order valence-corrected chi connectivity index (χ4v) is 2.98. The van der Waals surface area contributed by atoms with E-state index >= 15 is 0 Å². The van der Waals surface area contributed by atoms with Crippen LogP contribution in [0.5, 0.6) is 0 Å². The van der Waals surface area contributed by atoms with Gasteiger partial charge in [-0.25, -0.2) is 0 Å². The first kappa shape index (κ1) is 10.7. The van der Waals surface area contributed by atoms with Crippen molar-refractivity contribution < 1.29 is 0 Å². The van der Waals surface area contributed by atoms with Gasteiger partial charge < -0.3 is 5.32 Å². The van der Waals surface area contributed by atoms with E-state index in [2.05, 4.69) is 27.3 Å². The molecule has 0 saturated carbocycles. The van der Waals surface area contributed by atoms with Gasteiger partial charge in [-0.2, -0.15) is 16.9 Å². The van der Waals surface area contributed by atoms with Gasteiger partial charge in [-0.3, -0.25) is 0 Å². The van der Waals surface area contributed by atoms with Crippen LogP contribution >= 0.6 is 11.8 Å². The van der Waals surface area contributed by atoms with Gasteiger partial charge in [0.15, 0.2) is 0 Å². The van der Waals surface area contributed by atoms with Crippen LogP contribution in [0, 0.1) is 6.92 Å². The maximum Gasteiger partial charge on any atom is 0.148 e. The topological polar surface area (TPSA) is 37.8 Å². The van der Waals surface area contributed by atoms with E-state index in [0.29, 0.717) is 0 Å². The summed E-state index contributed by atoms with van der Waals surface area (Å²) >= 11 is 2.08. The van der Waals surface area contributed by atoms with E-state index in [1.165, 1.54) is 25.0 Å². The van der Waals surface area contributed by atoms with E-state index in [1.54, 1.807) is 6.20 Å². The van der Waals surface area contributed by atoms with Gasteiger partial charge in [0.1, 0.15) is 5.82 Å². The normalized spacial score (nSPS) is 21.3. The van der Waals surface area contributed by atoms with Crippen molar-refractivity contribution in [1.82, 2.24) is 10.2 Å². The fourth-order valence-electron chi connectivity index (χ4n) is 1.74. The lowest BCUT2D eigenvalue weighted by molar-refractivity contribution is 0.676. The van der Waals surface area contributed by atoms with E-state index in [0.717, 1.165) is 23.2 Å². The Morgan fingerprint density at radius 1 is 1.53 bits per heavy atom. The van der Waals surface area contributed by atoms with Crippen LogP contribution in [-0.4, -0.2) is 27.7 Å². The van der Waals surface area contributed by atoms with Crippen molar-refractivity contribution in [2.45, 2.75) is 31.4 Å². The molecule has 1 fully saturated rings. The van der Waals surface area contributed by atoms with Gasteiger partial charge in [0.2, 0.25) is 0 Å². The number of hydrogen-bond acceptors (Lipinski definition) is 4. The molecule has 2 heterocycles. The average molecular weight is 223 g/mol. The second-order valence-corrected chi connectivity index (χ2v) is 5.40. The summed E-state index contributed by atoms with van der Waals surface area (Å²) in [6.45, 7) is 3.05. The zero-order chi connectivity index (χ0) is 10.5. The lowest BCUT2D eigenvalue weighted by Crippen LogP contribution is -2.20. The molecular weight excluding hydrogens is 206 g/mol. The Labute approximate surface area is 95.1 Å². The lowest BCUT2D eigenvalue weighted by Gasteiger charge is -2.21. The van der Waals surface area contributed by atoms with E-state index in [1.807, 2.05) is 13.0 Å². The number of anilines is 1. The number of thioether (sulfide) groups is 1. The number of aryl methyl sites for hydroxylation is 1. The van der Waals surface area contributed by atoms with E-state index < -0.39 is 0 Å². The third kappa shape index (κ3) is 3.38. The number of rotatable bonds is 3. The molecule has 0 aliphatic carbocycles. The average Bonchev–Trinajstić information content (AvgIpc) is 2.28. The maximum absolute atomic E-state index is 4.05. The van der Waals surface area contributed by atoms with Crippen molar-refractivity contribution in [3.05, 3.63) is 17.8 Å². The van der Waals surface area contributed by atoms with Gasteiger partial charge in [-0.05, 0) is 37.1 Å². The number of hydrogen-bond donors (Lipinski definition) is 1. The number of nitrogens with zero attached hydrogens (tertiary/aromatic N) is 2. The largest absolute Gasteiger partial charge is 0.367 e. The molecule has 4 heteroatoms. The zero-order valence-corrected chi connectivity index (χ0v) is 9.89. The Balaban J connectivity index is 1.81. The number of nitrogens with one attached hydrogen (secondary N) is 1. The van der Waals surface area contributed by atoms with E-state index in [4.69, 9.17) is 0 Å². The quantitative estimate of drug-likeness (QED) is 0.854. The van der Waals surface area contributed by atoms with Gasteiger partial charge in [-0.1, -0.05) is 6.42 Å². The predicted molar refractivity (Wildman–Crippen MR) is 65.4 cm³/mol. The minimum Gasteiger partial charge on any atom is -0.367 e. The molecule has 15 heavy (non-hydrogen) atoms. The molecule has 1 N–H and O–H groups in total. The van der Waals surface area contributed by atoms with Crippen LogP contribution in [0.3, 0.4) is 0 Å². The van der Waals surface area contributed by atoms with Crippen molar-refractivity contribution in [2.24, 2.45) is 0 Å². The molecular formula is C11H17N3S. The molecule has 82 valence electrons. The highest BCUT2D eigenvalue weighted by Crippen LogP contribution is 2.24. The van der Waals surface area contributed by atoms with Gasteiger partial charge >= 0.3 is 0 Å². The van der Waals surface area contributed by atoms with E-state index in [9.17, 15) is 0 Å². The first-order valence-electron chi connectivity index (χ1n) is 5.49. The smallest absolute Gasteiger partial charge is 0.148 e. The third-order valence-electron chi connectivity index (χ3n) is 2.58. The minimum absolute atomic E-state index is 0.751. The number of aromatic nitrogens is 2. The lowest BCUT2D eigenvalue weighted by atomic mass is 10.2. The van der Waals surface area contributed by atoms with Crippen molar-refractivity contribution in [1.29, 1.82) is 0 Å². The van der Waals surface area contributed by atoms with Gasteiger partial charge in [-0.15, -0.1) is 5.10 Å². The predicted octanol–water partition coefficient (Wildman–Crippen LogP) is 2.48. The van der Waals surface area contributed by atoms with Crippen molar-refractivity contribution >= 4 is 17.6 Å². The Hall–Kier alpha value is -0.770. The molecule has 1 saturated heterocycles. The van der Waals surface area contributed by atoms with Crippen molar-refractivity contribution in [3.8, 4) is 0 Å². The zero-order valence-electron chi connectivity index (χ0n) is 9.07. The third-order valence-corrected chi connectivity index (χ3v) is 3.97. The van der Waals surface area contributed by atoms with Crippen LogP contribution in [-0.2, 0) is 0 Å². The molecule has 1 aliphatic heterocycles. The SMILES string of the molecule is Cc1cnnc(NCC2CCCCS2)c1. The van der Waals surface area contributed by atoms with Crippen molar-refractivity contribution in [2.75, 3.05) is 17.6 Å². The van der Waals surface area contributed by atoms with Crippen LogP contribution in [0.4, 0.5) is 5.82 Å². The fraction of sp³-hybridized carbons (Fsp3) is 0.636. The molecule has 0 amide bonds. The Morgan fingerprint density at radius 2 is 2.47 bits per heavy atom. The molecule has 0 spiro atoms. The molecule has 0 radical (unpaired) electrons. The molecule has 0 bridgehead atoms. The highest BCUT2D eigenvalue weighted by molar-refractivity contribution is 7.99. The van der Waals surface area contributed by atoms with Crippen molar-refractivity contribution in [3.63, 3.8) is 0 Å². The summed E-state index contributed by atoms with van der Waals surface area (Å²) in [7, 11) is 0. The second kappa shape index (κ2) is 5.35. The van der Waals surface area contributed by atoms with Crippen LogP contribution in [0.1, 0.15) is 24.8 Å². The molecule has 0 aromatic carbocycles. The van der Waals surface area contributed by atoms with Crippen LogP contribution in [0.15, 0.2) is 12.3 Å². The van der Waals surface area contributed by atoms with Gasteiger partial charge in [0, 0.05) is 11.8 Å². The summed E-state index contributed by atoms with van der Waals surface area (Å²) in [5, 5.41) is 12.1. The second-order valence-electron chi connectivity index (χ2n) is 3.99. The molecule has 1 aromatic heterocycles. The molecule has 2 rings (SSSR count). The molecule has 1 aliphatic rings. The maximum atomic E-state index is 4.05. The van der Waals surface area contributed by atoms with E-state index in [-0.39, 0.29) is 0 Å². The summed E-state index contributed by atoms with van der Waals surface area (Å²) in [6.07, 6.45) is 5.86. The molecule has 1 atom stereocenters. The first-order chi connectivity index (χ1) is 7.34. The Kier molecular flexibility index (Phi) is 3.83. The van der Waals surface area contributed by atoms with Crippen LogP contribution < -0.4 is 5.32 Å². The van der Waals surface area contributed by atoms with Crippen LogP contribution in [0.2, 0.25) is 0 Å². The monoisotopic (exact) mass is 223 g/mol. The Morgan fingerprint density at radius 3 is 3.20 bits per heavy atom. The highest BCUT2D eigenvalue weighted by Gasteiger charge is 2.13.